The third kappa shape index (κ3) is 3.47. The fourth-order valence-electron chi connectivity index (χ4n) is 5.04. The molecule has 3 fully saturated rings. The maximum atomic E-state index is 13.0. The summed E-state index contributed by atoms with van der Waals surface area (Å²) in [5.74, 6) is 0.880. The van der Waals surface area contributed by atoms with Crippen LogP contribution in [0.1, 0.15) is 44.1 Å². The van der Waals surface area contributed by atoms with Crippen molar-refractivity contribution in [3.05, 3.63) is 52.7 Å². The van der Waals surface area contributed by atoms with Gasteiger partial charge in [0.15, 0.2) is 5.65 Å². The van der Waals surface area contributed by atoms with E-state index in [1.807, 2.05) is 33.7 Å². The van der Waals surface area contributed by atoms with Crippen molar-refractivity contribution in [3.63, 3.8) is 0 Å². The van der Waals surface area contributed by atoms with Crippen molar-refractivity contribution in [1.82, 2.24) is 24.0 Å². The molecule has 3 saturated heterocycles. The number of piperidine rings is 2. The van der Waals surface area contributed by atoms with Crippen LogP contribution in [0.15, 0.2) is 41.3 Å². The Balaban J connectivity index is 1.43. The molecule has 0 aromatic carbocycles. The molecule has 0 N–H and O–H groups in total. The molecule has 0 aliphatic carbocycles. The standard InChI is InChI=1S/C24H30N6O2/c1-24(2,3)15-30-19-10-11-20(26-21(19)27(4)23(30)32)28-13-17-9-8-16(28)14-29(17)22(31)18-7-5-6-12-25-18/h5-7,10-12,16-17H,8-9,13-15H2,1-4H3. The number of amides is 1. The maximum Gasteiger partial charge on any atom is 0.330 e. The summed E-state index contributed by atoms with van der Waals surface area (Å²) in [4.78, 5) is 39.3. The number of pyridine rings is 2. The number of fused-ring (bicyclic) bond motifs is 4. The average Bonchev–Trinajstić information content (AvgIpc) is 3.02. The molecule has 3 aliphatic heterocycles. The second-order valence-corrected chi connectivity index (χ2v) is 10.2. The lowest BCUT2D eigenvalue weighted by atomic mass is 9.90. The molecular weight excluding hydrogens is 404 g/mol. The fraction of sp³-hybridized carbons (Fsp3) is 0.500. The van der Waals surface area contributed by atoms with E-state index in [-0.39, 0.29) is 29.1 Å². The first kappa shape index (κ1) is 20.7. The van der Waals surface area contributed by atoms with Crippen molar-refractivity contribution in [3.8, 4) is 0 Å². The first-order valence-corrected chi connectivity index (χ1v) is 11.3. The van der Waals surface area contributed by atoms with Crippen molar-refractivity contribution in [1.29, 1.82) is 0 Å². The van der Waals surface area contributed by atoms with E-state index in [0.29, 0.717) is 24.4 Å². The van der Waals surface area contributed by atoms with E-state index in [2.05, 4.69) is 30.7 Å². The maximum absolute atomic E-state index is 13.0. The number of imidazole rings is 1. The molecule has 1 amide bonds. The van der Waals surface area contributed by atoms with Gasteiger partial charge in [-0.15, -0.1) is 0 Å². The predicted octanol–water partition coefficient (Wildman–Crippen LogP) is 2.67. The summed E-state index contributed by atoms with van der Waals surface area (Å²) < 4.78 is 3.46. The summed E-state index contributed by atoms with van der Waals surface area (Å²) in [6.07, 6.45) is 3.68. The highest BCUT2D eigenvalue weighted by Gasteiger charge is 2.42. The zero-order valence-corrected chi connectivity index (χ0v) is 19.2. The van der Waals surface area contributed by atoms with E-state index in [1.165, 1.54) is 0 Å². The summed E-state index contributed by atoms with van der Waals surface area (Å²) >= 11 is 0. The van der Waals surface area contributed by atoms with E-state index in [1.54, 1.807) is 23.9 Å². The molecule has 0 spiro atoms. The van der Waals surface area contributed by atoms with Crippen molar-refractivity contribution in [2.75, 3.05) is 18.0 Å². The number of aromatic nitrogens is 4. The zero-order valence-electron chi connectivity index (χ0n) is 19.2. The molecular formula is C24H30N6O2. The summed E-state index contributed by atoms with van der Waals surface area (Å²) in [6, 6.07) is 9.85. The lowest BCUT2D eigenvalue weighted by Gasteiger charge is -2.51. The Morgan fingerprint density at radius 2 is 1.88 bits per heavy atom. The Hall–Kier alpha value is -3.16. The van der Waals surface area contributed by atoms with Gasteiger partial charge >= 0.3 is 5.69 Å². The van der Waals surface area contributed by atoms with Gasteiger partial charge in [0.2, 0.25) is 0 Å². The van der Waals surface area contributed by atoms with Crippen LogP contribution in [0.3, 0.4) is 0 Å². The van der Waals surface area contributed by atoms with Crippen LogP contribution in [0.5, 0.6) is 0 Å². The van der Waals surface area contributed by atoms with Gasteiger partial charge in [0.1, 0.15) is 11.5 Å². The molecule has 2 bridgehead atoms. The normalized spacial score (nSPS) is 20.9. The Kier molecular flexibility index (Phi) is 4.83. The third-order valence-electron chi connectivity index (χ3n) is 6.57. The number of hydrogen-bond donors (Lipinski definition) is 0. The Labute approximate surface area is 187 Å². The molecule has 8 heteroatoms. The van der Waals surface area contributed by atoms with Gasteiger partial charge < -0.3 is 9.80 Å². The second kappa shape index (κ2) is 7.46. The third-order valence-corrected chi connectivity index (χ3v) is 6.57. The Morgan fingerprint density at radius 3 is 2.53 bits per heavy atom. The van der Waals surface area contributed by atoms with Crippen molar-refractivity contribution in [2.45, 2.75) is 52.2 Å². The quantitative estimate of drug-likeness (QED) is 0.634. The second-order valence-electron chi connectivity index (χ2n) is 10.2. The highest BCUT2D eigenvalue weighted by Crippen LogP contribution is 2.33. The SMILES string of the molecule is Cn1c(=O)n(CC(C)(C)C)c2ccc(N3CC4CCC3CN4C(=O)c3ccccn3)nc21. The first-order valence-electron chi connectivity index (χ1n) is 11.3. The van der Waals surface area contributed by atoms with Gasteiger partial charge in [0, 0.05) is 45.0 Å². The Bertz CT molecular complexity index is 1220. The van der Waals surface area contributed by atoms with E-state index >= 15 is 0 Å². The lowest BCUT2D eigenvalue weighted by molar-refractivity contribution is 0.0498. The zero-order chi connectivity index (χ0) is 22.6. The molecule has 3 aliphatic rings. The van der Waals surface area contributed by atoms with E-state index in [0.717, 1.165) is 30.7 Å². The molecule has 8 nitrogen and oxygen atoms in total. The average molecular weight is 435 g/mol. The van der Waals surface area contributed by atoms with Gasteiger partial charge in [0.05, 0.1) is 5.52 Å². The van der Waals surface area contributed by atoms with Crippen LogP contribution < -0.4 is 10.6 Å². The number of anilines is 1. The van der Waals surface area contributed by atoms with Crippen LogP contribution in [0.25, 0.3) is 11.2 Å². The van der Waals surface area contributed by atoms with E-state index < -0.39 is 0 Å². The van der Waals surface area contributed by atoms with Crippen molar-refractivity contribution >= 4 is 22.9 Å². The Morgan fingerprint density at radius 1 is 1.09 bits per heavy atom. The molecule has 32 heavy (non-hydrogen) atoms. The van der Waals surface area contributed by atoms with Crippen LogP contribution in [0.4, 0.5) is 5.82 Å². The molecule has 3 aromatic rings. The number of hydrogen-bond acceptors (Lipinski definition) is 5. The monoisotopic (exact) mass is 434 g/mol. The van der Waals surface area contributed by atoms with Gasteiger partial charge in [0.25, 0.3) is 5.91 Å². The highest BCUT2D eigenvalue weighted by atomic mass is 16.2. The van der Waals surface area contributed by atoms with Gasteiger partial charge in [-0.05, 0) is 42.5 Å². The van der Waals surface area contributed by atoms with Crippen LogP contribution in [-0.2, 0) is 13.6 Å². The molecule has 3 aromatic heterocycles. The van der Waals surface area contributed by atoms with Crippen LogP contribution in [-0.4, -0.2) is 55.1 Å². The van der Waals surface area contributed by atoms with Gasteiger partial charge in [-0.2, -0.15) is 0 Å². The summed E-state index contributed by atoms with van der Waals surface area (Å²) in [5.41, 5.74) is 2.03. The minimum atomic E-state index is -0.0353. The first-order chi connectivity index (χ1) is 15.2. The molecule has 2 unspecified atom stereocenters. The van der Waals surface area contributed by atoms with Gasteiger partial charge in [-0.25, -0.2) is 9.78 Å². The summed E-state index contributed by atoms with van der Waals surface area (Å²) in [7, 11) is 1.79. The smallest absolute Gasteiger partial charge is 0.330 e. The molecule has 2 atom stereocenters. The summed E-state index contributed by atoms with van der Waals surface area (Å²) in [5, 5.41) is 0. The van der Waals surface area contributed by atoms with Crippen molar-refractivity contribution in [2.24, 2.45) is 12.5 Å². The number of nitrogens with zero attached hydrogens (tertiary/aromatic N) is 6. The topological polar surface area (TPSA) is 76.3 Å². The number of carbonyl (C=O) groups is 1. The predicted molar refractivity (Wildman–Crippen MR) is 124 cm³/mol. The van der Waals surface area contributed by atoms with E-state index in [9.17, 15) is 9.59 Å². The van der Waals surface area contributed by atoms with E-state index in [4.69, 9.17) is 4.98 Å². The molecule has 6 heterocycles. The molecule has 168 valence electrons. The fourth-order valence-corrected chi connectivity index (χ4v) is 5.04. The van der Waals surface area contributed by atoms with Gasteiger partial charge in [-0.3, -0.25) is 18.9 Å². The molecule has 0 radical (unpaired) electrons. The minimum Gasteiger partial charge on any atom is -0.350 e. The number of rotatable bonds is 3. The number of aryl methyl sites for hydroxylation is 1. The van der Waals surface area contributed by atoms with Crippen LogP contribution in [0, 0.1) is 5.41 Å². The molecule has 0 saturated carbocycles. The van der Waals surface area contributed by atoms with Crippen LogP contribution in [0.2, 0.25) is 0 Å². The summed E-state index contributed by atoms with van der Waals surface area (Å²) in [6.45, 7) is 8.44. The lowest BCUT2D eigenvalue weighted by Crippen LogP contribution is -2.64. The molecule has 6 rings (SSSR count). The van der Waals surface area contributed by atoms with Gasteiger partial charge in [-0.1, -0.05) is 26.8 Å². The number of piperazine rings is 1. The van der Waals surface area contributed by atoms with Crippen LogP contribution >= 0.6 is 0 Å². The minimum absolute atomic E-state index is 0.00464. The largest absolute Gasteiger partial charge is 0.350 e. The number of carbonyl (C=O) groups excluding carboxylic acids is 1. The highest BCUT2D eigenvalue weighted by molar-refractivity contribution is 5.92. The van der Waals surface area contributed by atoms with Crippen molar-refractivity contribution < 1.29 is 4.79 Å².